The molecule has 0 bridgehead atoms. The highest BCUT2D eigenvalue weighted by Gasteiger charge is 2.55. The minimum absolute atomic E-state index is 0.0510. The fourth-order valence-corrected chi connectivity index (χ4v) is 6.31. The Morgan fingerprint density at radius 3 is 2.19 bits per heavy atom. The van der Waals surface area contributed by atoms with Gasteiger partial charge in [0.1, 0.15) is 11.5 Å². The standard InChI is InChI=1S/C21H33NO2.C2H6/c1-13-10-14(23)11-15(24)18(13)21(5)8-6-16-19(2,3)17(22)7-9-20(16,4)12-21;1-2/h10-11,16-17,23-24H,6-9,12,22H2,1-5H3;1-2H3/t16-,17+,20+,21+;/m1./s1. The van der Waals surface area contributed by atoms with Gasteiger partial charge in [0.05, 0.1) is 0 Å². The number of aromatic hydroxyl groups is 2. The van der Waals surface area contributed by atoms with Gasteiger partial charge >= 0.3 is 0 Å². The molecule has 3 heteroatoms. The number of rotatable bonds is 1. The molecule has 0 amide bonds. The molecule has 1 aromatic carbocycles. The molecule has 3 rings (SSSR count). The smallest absolute Gasteiger partial charge is 0.123 e. The van der Waals surface area contributed by atoms with Crippen LogP contribution >= 0.6 is 0 Å². The maximum Gasteiger partial charge on any atom is 0.123 e. The molecule has 2 fully saturated rings. The van der Waals surface area contributed by atoms with Gasteiger partial charge in [0.15, 0.2) is 0 Å². The fraction of sp³-hybridized carbons (Fsp3) is 0.739. The van der Waals surface area contributed by atoms with Gasteiger partial charge in [0.2, 0.25) is 0 Å². The van der Waals surface area contributed by atoms with E-state index in [1.807, 2.05) is 20.8 Å². The quantitative estimate of drug-likeness (QED) is 0.606. The highest BCUT2D eigenvalue weighted by Crippen LogP contribution is 2.62. The number of hydrogen-bond donors (Lipinski definition) is 3. The summed E-state index contributed by atoms with van der Waals surface area (Å²) in [7, 11) is 0. The lowest BCUT2D eigenvalue weighted by Crippen LogP contribution is -2.57. The van der Waals surface area contributed by atoms with Gasteiger partial charge in [0.25, 0.3) is 0 Å². The van der Waals surface area contributed by atoms with Crippen LogP contribution in [0.5, 0.6) is 11.5 Å². The van der Waals surface area contributed by atoms with Crippen LogP contribution in [0.15, 0.2) is 12.1 Å². The molecule has 0 aromatic heterocycles. The SMILES string of the molecule is CC.Cc1cc(O)cc(O)c1[C@@]1(C)CC[C@@H]2C(C)(C)[C@@H](N)CC[C@@]2(C)C1. The topological polar surface area (TPSA) is 66.5 Å². The molecule has 1 aromatic rings. The van der Waals surface area contributed by atoms with Crippen LogP contribution in [0.25, 0.3) is 0 Å². The molecular weight excluding hydrogens is 322 g/mol. The zero-order chi connectivity index (χ0) is 19.9. The first-order valence-corrected chi connectivity index (χ1v) is 10.3. The van der Waals surface area contributed by atoms with Crippen LogP contribution in [0.4, 0.5) is 0 Å². The molecule has 2 saturated carbocycles. The Morgan fingerprint density at radius 2 is 1.62 bits per heavy atom. The molecule has 4 N–H and O–H groups in total. The van der Waals surface area contributed by atoms with Crippen LogP contribution in [-0.4, -0.2) is 16.3 Å². The van der Waals surface area contributed by atoms with E-state index in [-0.39, 0.29) is 33.8 Å². The summed E-state index contributed by atoms with van der Waals surface area (Å²) in [5.74, 6) is 1.01. The van der Waals surface area contributed by atoms with E-state index in [0.717, 1.165) is 43.2 Å². The van der Waals surface area contributed by atoms with Crippen molar-refractivity contribution in [2.45, 2.75) is 92.0 Å². The second-order valence-electron chi connectivity index (χ2n) is 9.61. The van der Waals surface area contributed by atoms with Gasteiger partial charge in [-0.25, -0.2) is 0 Å². The Morgan fingerprint density at radius 1 is 1.00 bits per heavy atom. The summed E-state index contributed by atoms with van der Waals surface area (Å²) < 4.78 is 0. The molecule has 0 radical (unpaired) electrons. The van der Waals surface area contributed by atoms with Gasteiger partial charge in [-0.2, -0.15) is 0 Å². The molecule has 2 aliphatic carbocycles. The van der Waals surface area contributed by atoms with E-state index >= 15 is 0 Å². The first-order chi connectivity index (χ1) is 12.0. The predicted molar refractivity (Wildman–Crippen MR) is 110 cm³/mol. The zero-order valence-corrected chi connectivity index (χ0v) is 17.8. The number of aryl methyl sites for hydroxylation is 1. The number of fused-ring (bicyclic) bond motifs is 1. The zero-order valence-electron chi connectivity index (χ0n) is 17.8. The molecule has 0 heterocycles. The maximum absolute atomic E-state index is 10.5. The van der Waals surface area contributed by atoms with E-state index in [0.29, 0.717) is 5.92 Å². The van der Waals surface area contributed by atoms with Gasteiger partial charge in [-0.05, 0) is 72.8 Å². The van der Waals surface area contributed by atoms with E-state index in [1.54, 1.807) is 6.07 Å². The number of hydrogen-bond acceptors (Lipinski definition) is 3. The summed E-state index contributed by atoms with van der Waals surface area (Å²) in [6.45, 7) is 15.4. The normalized spacial score (nSPS) is 35.8. The molecule has 3 nitrogen and oxygen atoms in total. The van der Waals surface area contributed by atoms with Crippen LogP contribution in [0, 0.1) is 23.7 Å². The van der Waals surface area contributed by atoms with Crippen molar-refractivity contribution in [1.82, 2.24) is 0 Å². The second-order valence-corrected chi connectivity index (χ2v) is 9.61. The molecule has 0 saturated heterocycles. The average molecular weight is 362 g/mol. The van der Waals surface area contributed by atoms with Gasteiger partial charge in [-0.1, -0.05) is 41.5 Å². The summed E-state index contributed by atoms with van der Waals surface area (Å²) in [4.78, 5) is 0. The monoisotopic (exact) mass is 361 g/mol. The first kappa shape index (κ1) is 21.1. The highest BCUT2D eigenvalue weighted by atomic mass is 16.3. The van der Waals surface area contributed by atoms with Crippen molar-refractivity contribution in [3.05, 3.63) is 23.3 Å². The molecular formula is C23H39NO2. The van der Waals surface area contributed by atoms with Crippen LogP contribution in [0.3, 0.4) is 0 Å². The number of nitrogens with two attached hydrogens (primary N) is 1. The van der Waals surface area contributed by atoms with E-state index in [9.17, 15) is 10.2 Å². The van der Waals surface area contributed by atoms with E-state index < -0.39 is 0 Å². The lowest BCUT2D eigenvalue weighted by atomic mass is 9.46. The third-order valence-corrected chi connectivity index (χ3v) is 7.40. The van der Waals surface area contributed by atoms with Crippen LogP contribution < -0.4 is 5.73 Å². The summed E-state index contributed by atoms with van der Waals surface area (Å²) >= 11 is 0. The molecule has 2 aliphatic rings. The third-order valence-electron chi connectivity index (χ3n) is 7.40. The summed E-state index contributed by atoms with van der Waals surface area (Å²) in [5.41, 5.74) is 8.83. The van der Waals surface area contributed by atoms with Gasteiger partial charge in [-0.15, -0.1) is 0 Å². The van der Waals surface area contributed by atoms with Crippen molar-refractivity contribution >= 4 is 0 Å². The second kappa shape index (κ2) is 7.07. The van der Waals surface area contributed by atoms with Crippen molar-refractivity contribution in [1.29, 1.82) is 0 Å². The third kappa shape index (κ3) is 3.35. The number of phenols is 2. The molecule has 4 atom stereocenters. The van der Waals surface area contributed by atoms with Gasteiger partial charge < -0.3 is 15.9 Å². The van der Waals surface area contributed by atoms with E-state index in [4.69, 9.17) is 5.73 Å². The largest absolute Gasteiger partial charge is 0.508 e. The fourth-order valence-electron chi connectivity index (χ4n) is 6.31. The first-order valence-electron chi connectivity index (χ1n) is 10.3. The minimum Gasteiger partial charge on any atom is -0.508 e. The van der Waals surface area contributed by atoms with E-state index in [1.165, 1.54) is 6.07 Å². The molecule has 0 unspecified atom stereocenters. The van der Waals surface area contributed by atoms with Crippen molar-refractivity contribution in [3.63, 3.8) is 0 Å². The van der Waals surface area contributed by atoms with Crippen LogP contribution in [-0.2, 0) is 5.41 Å². The Labute approximate surface area is 160 Å². The Bertz CT molecular complexity index is 631. The lowest BCUT2D eigenvalue weighted by molar-refractivity contribution is -0.0669. The van der Waals surface area contributed by atoms with Crippen molar-refractivity contribution in [2.75, 3.05) is 0 Å². The van der Waals surface area contributed by atoms with Crippen molar-refractivity contribution in [3.8, 4) is 11.5 Å². The molecule has 0 spiro atoms. The van der Waals surface area contributed by atoms with Crippen molar-refractivity contribution in [2.24, 2.45) is 22.5 Å². The van der Waals surface area contributed by atoms with E-state index in [2.05, 4.69) is 27.7 Å². The molecule has 26 heavy (non-hydrogen) atoms. The highest BCUT2D eigenvalue weighted by molar-refractivity contribution is 5.49. The minimum atomic E-state index is -0.0510. The summed E-state index contributed by atoms with van der Waals surface area (Å²) in [6, 6.07) is 3.54. The summed E-state index contributed by atoms with van der Waals surface area (Å²) in [5, 5.41) is 20.3. The molecule has 0 aliphatic heterocycles. The lowest BCUT2D eigenvalue weighted by Gasteiger charge is -2.60. The summed E-state index contributed by atoms with van der Waals surface area (Å²) in [6.07, 6.45) is 5.52. The van der Waals surface area contributed by atoms with Gasteiger partial charge in [-0.3, -0.25) is 0 Å². The van der Waals surface area contributed by atoms with Crippen LogP contribution in [0.2, 0.25) is 0 Å². The van der Waals surface area contributed by atoms with Crippen molar-refractivity contribution < 1.29 is 10.2 Å². The maximum atomic E-state index is 10.5. The predicted octanol–water partition coefficient (Wildman–Crippen LogP) is 5.64. The Balaban J connectivity index is 0.00000117. The Kier molecular flexibility index (Phi) is 5.73. The Hall–Kier alpha value is -1.22. The van der Waals surface area contributed by atoms with Crippen LogP contribution in [0.1, 0.15) is 84.8 Å². The number of phenolic OH excluding ortho intramolecular Hbond substituents is 2. The van der Waals surface area contributed by atoms with Gasteiger partial charge in [0, 0.05) is 17.7 Å². The molecule has 148 valence electrons. The number of benzene rings is 1. The average Bonchev–Trinajstić information content (AvgIpc) is 2.51.